The molecule has 1 fully saturated rings. The molecule has 0 aromatic carbocycles. The molecule has 158 valence electrons. The Morgan fingerprint density at radius 2 is 2.17 bits per heavy atom. The second-order valence-corrected chi connectivity index (χ2v) is 13.6. The first-order chi connectivity index (χ1) is 13.4. The highest BCUT2D eigenvalue weighted by Gasteiger charge is 2.57. The third-order valence-electron chi connectivity index (χ3n) is 5.94. The van der Waals surface area contributed by atoms with Gasteiger partial charge in [-0.2, -0.15) is 0 Å². The number of rotatable bonds is 5. The van der Waals surface area contributed by atoms with Crippen LogP contribution in [-0.2, 0) is 14.9 Å². The van der Waals surface area contributed by atoms with Crippen molar-refractivity contribution in [2.45, 2.75) is 69.9 Å². The smallest absolute Gasteiger partial charge is 0.278 e. The number of ether oxygens (including phenoxy) is 1. The number of hydrogen-bond donors (Lipinski definition) is 1. The Balaban J connectivity index is 2.05. The number of halogens is 1. The van der Waals surface area contributed by atoms with Gasteiger partial charge in [0.05, 0.1) is 25.3 Å². The van der Waals surface area contributed by atoms with Gasteiger partial charge in [-0.15, -0.1) is 0 Å². The number of aromatic amines is 1. The summed E-state index contributed by atoms with van der Waals surface area (Å²) in [5.74, 6) is 0. The van der Waals surface area contributed by atoms with Gasteiger partial charge in [0.15, 0.2) is 31.4 Å². The van der Waals surface area contributed by atoms with Crippen LogP contribution in [0.1, 0.15) is 27.7 Å². The van der Waals surface area contributed by atoms with Crippen LogP contribution in [0.15, 0.2) is 22.6 Å². The first kappa shape index (κ1) is 21.4. The minimum Gasteiger partial charge on any atom is -0.408 e. The summed E-state index contributed by atoms with van der Waals surface area (Å²) in [4.78, 5) is 25.4. The first-order valence-electron chi connectivity index (χ1n) is 9.34. The van der Waals surface area contributed by atoms with Gasteiger partial charge in [0.2, 0.25) is 0 Å². The molecule has 1 N–H and O–H groups in total. The first-order valence-corrected chi connectivity index (χ1v) is 12.2. The Morgan fingerprint density at radius 1 is 1.48 bits per heavy atom. The molecule has 3 rings (SSSR count). The zero-order valence-electron chi connectivity index (χ0n) is 17.4. The van der Waals surface area contributed by atoms with E-state index in [1.807, 2.05) is 13.1 Å². The molecule has 1 unspecified atom stereocenters. The summed E-state index contributed by atoms with van der Waals surface area (Å²) in [6.45, 7) is 11.7. The number of fused-ring (bicyclic) bond motifs is 1. The molecule has 1 aliphatic heterocycles. The van der Waals surface area contributed by atoms with Gasteiger partial charge in [-0.05, 0) is 30.6 Å². The highest BCUT2D eigenvalue weighted by molar-refractivity contribution is 6.74. The van der Waals surface area contributed by atoms with E-state index in [4.69, 9.17) is 14.7 Å². The number of alkyl halides is 1. The van der Waals surface area contributed by atoms with E-state index in [0.29, 0.717) is 0 Å². The number of nitrogens with zero attached hydrogens (tertiary/aromatic N) is 6. The molecular weight excluding hydrogens is 397 g/mol. The third-order valence-corrected chi connectivity index (χ3v) is 10.4. The van der Waals surface area contributed by atoms with E-state index in [1.54, 1.807) is 6.92 Å². The fraction of sp³-hybridized carbons (Fsp3) is 0.706. The lowest BCUT2D eigenvalue weighted by molar-refractivity contribution is -0.105. The molecule has 0 amide bonds. The molecule has 0 spiro atoms. The van der Waals surface area contributed by atoms with Crippen molar-refractivity contribution in [1.82, 2.24) is 19.5 Å². The van der Waals surface area contributed by atoms with E-state index in [2.05, 4.69) is 45.7 Å². The van der Waals surface area contributed by atoms with Crippen molar-refractivity contribution in [3.05, 3.63) is 33.5 Å². The van der Waals surface area contributed by atoms with E-state index in [1.165, 1.54) is 17.2 Å². The highest BCUT2D eigenvalue weighted by atomic mass is 28.4. The summed E-state index contributed by atoms with van der Waals surface area (Å²) >= 11 is 0. The molecule has 1 aliphatic rings. The summed E-state index contributed by atoms with van der Waals surface area (Å²) in [6.07, 6.45) is -0.770. The van der Waals surface area contributed by atoms with E-state index < -0.39 is 38.0 Å². The zero-order chi connectivity index (χ0) is 21.6. The average Bonchev–Trinajstić information content (AvgIpc) is 3.16. The molecule has 2 aromatic rings. The lowest BCUT2D eigenvalue weighted by Crippen LogP contribution is -2.50. The van der Waals surface area contributed by atoms with E-state index in [-0.39, 0.29) is 22.7 Å². The standard InChI is InChI=1S/C17H26FN7O3Si/c1-16(2,3)29(5,6)28-12-10(7-23-24-19)27-17(4,13(12)18)25-9-22-11-14(25)20-8-21-15(11)26/h8-10,12-13H,7H2,1-6H3,(H,20,21,26)/t10-,12?,13-,17-/m1/s1. The molecule has 10 nitrogen and oxygen atoms in total. The minimum absolute atomic E-state index is 0.0769. The fourth-order valence-electron chi connectivity index (χ4n) is 3.20. The van der Waals surface area contributed by atoms with Crippen LogP contribution < -0.4 is 5.56 Å². The predicted molar refractivity (Wildman–Crippen MR) is 108 cm³/mol. The van der Waals surface area contributed by atoms with Gasteiger partial charge in [-0.1, -0.05) is 25.9 Å². The molecule has 29 heavy (non-hydrogen) atoms. The van der Waals surface area contributed by atoms with Crippen LogP contribution in [0.4, 0.5) is 4.39 Å². The number of azide groups is 1. The van der Waals surface area contributed by atoms with E-state index in [0.717, 1.165) is 0 Å². The monoisotopic (exact) mass is 423 g/mol. The van der Waals surface area contributed by atoms with Crippen molar-refractivity contribution < 1.29 is 13.6 Å². The van der Waals surface area contributed by atoms with Crippen molar-refractivity contribution >= 4 is 19.5 Å². The second kappa shape index (κ2) is 7.20. The van der Waals surface area contributed by atoms with Crippen molar-refractivity contribution in [2.75, 3.05) is 6.54 Å². The summed E-state index contributed by atoms with van der Waals surface area (Å²) in [6, 6.07) is 0. The van der Waals surface area contributed by atoms with Gasteiger partial charge in [0.1, 0.15) is 6.10 Å². The second-order valence-electron chi connectivity index (χ2n) is 8.89. The summed E-state index contributed by atoms with van der Waals surface area (Å²) in [5.41, 5.74) is 7.08. The number of hydrogen-bond acceptors (Lipinski definition) is 6. The van der Waals surface area contributed by atoms with Crippen molar-refractivity contribution in [2.24, 2.45) is 5.11 Å². The quantitative estimate of drug-likeness (QED) is 0.341. The summed E-state index contributed by atoms with van der Waals surface area (Å²) in [7, 11) is -2.35. The van der Waals surface area contributed by atoms with Crippen LogP contribution in [-0.4, -0.2) is 52.8 Å². The molecule has 2 aromatic heterocycles. The minimum atomic E-state index is -2.35. The average molecular weight is 424 g/mol. The SMILES string of the molecule is CC(C)(C)[Si](C)(C)OC1[C@@H](F)[C@](C)(n2cnc3c(=O)[nH]cnc32)O[C@@H]1CN=[N+]=[N-]. The number of imidazole rings is 1. The van der Waals surface area contributed by atoms with Gasteiger partial charge in [0.25, 0.3) is 5.56 Å². The Morgan fingerprint density at radius 3 is 2.79 bits per heavy atom. The number of aromatic nitrogens is 4. The molecule has 0 bridgehead atoms. The van der Waals surface area contributed by atoms with Crippen molar-refractivity contribution in [1.29, 1.82) is 0 Å². The van der Waals surface area contributed by atoms with Gasteiger partial charge in [0, 0.05) is 4.91 Å². The maximum absolute atomic E-state index is 15.9. The van der Waals surface area contributed by atoms with Crippen LogP contribution in [0.3, 0.4) is 0 Å². The molecule has 0 radical (unpaired) electrons. The normalized spacial score (nSPS) is 27.9. The maximum atomic E-state index is 15.9. The van der Waals surface area contributed by atoms with Crippen LogP contribution in [0, 0.1) is 0 Å². The lowest BCUT2D eigenvalue weighted by Gasteiger charge is -2.39. The molecule has 1 saturated heterocycles. The maximum Gasteiger partial charge on any atom is 0.278 e. The third kappa shape index (κ3) is 3.57. The molecular formula is C17H26FN7O3Si. The number of nitrogens with one attached hydrogen (secondary N) is 1. The molecule has 4 atom stereocenters. The van der Waals surface area contributed by atoms with Gasteiger partial charge in [-0.3, -0.25) is 9.36 Å². The molecule has 0 aliphatic carbocycles. The Hall–Kier alpha value is -2.27. The predicted octanol–water partition coefficient (Wildman–Crippen LogP) is 3.23. The van der Waals surface area contributed by atoms with Gasteiger partial charge in [-0.25, -0.2) is 14.4 Å². The highest BCUT2D eigenvalue weighted by Crippen LogP contribution is 2.45. The molecule has 0 saturated carbocycles. The molecule has 3 heterocycles. The fourth-order valence-corrected chi connectivity index (χ4v) is 4.51. The Kier molecular flexibility index (Phi) is 5.33. The lowest BCUT2D eigenvalue weighted by atomic mass is 10.1. The summed E-state index contributed by atoms with van der Waals surface area (Å²) in [5, 5.41) is 3.44. The molecule has 12 heteroatoms. The summed E-state index contributed by atoms with van der Waals surface area (Å²) < 4.78 is 29.7. The topological polar surface area (TPSA) is 131 Å². The van der Waals surface area contributed by atoms with Crippen LogP contribution >= 0.6 is 0 Å². The van der Waals surface area contributed by atoms with Crippen LogP contribution in [0.2, 0.25) is 18.1 Å². The largest absolute Gasteiger partial charge is 0.408 e. The van der Waals surface area contributed by atoms with E-state index >= 15 is 4.39 Å². The zero-order valence-corrected chi connectivity index (χ0v) is 18.4. The Bertz CT molecular complexity index is 1010. The van der Waals surface area contributed by atoms with Gasteiger partial charge < -0.3 is 14.1 Å². The van der Waals surface area contributed by atoms with Crippen LogP contribution in [0.25, 0.3) is 21.6 Å². The van der Waals surface area contributed by atoms with Crippen molar-refractivity contribution in [3.63, 3.8) is 0 Å². The van der Waals surface area contributed by atoms with E-state index in [9.17, 15) is 4.79 Å². The van der Waals surface area contributed by atoms with Crippen molar-refractivity contribution in [3.8, 4) is 0 Å². The van der Waals surface area contributed by atoms with Gasteiger partial charge >= 0.3 is 0 Å². The van der Waals surface area contributed by atoms with Crippen LogP contribution in [0.5, 0.6) is 0 Å². The number of H-pyrrole nitrogens is 1. The Labute approximate surface area is 168 Å².